The Morgan fingerprint density at radius 3 is 2.15 bits per heavy atom. The number of morpholine rings is 1. The summed E-state index contributed by atoms with van der Waals surface area (Å²) in [7, 11) is 0. The second-order valence-electron chi connectivity index (χ2n) is 19.2. The Morgan fingerprint density at radius 2 is 1.43 bits per heavy atom. The van der Waals surface area contributed by atoms with E-state index in [1.54, 1.807) is 58.4 Å². The Labute approximate surface area is 432 Å². The van der Waals surface area contributed by atoms with E-state index in [9.17, 15) is 5.11 Å². The lowest BCUT2D eigenvalue weighted by molar-refractivity contribution is -0.179. The van der Waals surface area contributed by atoms with Crippen LogP contribution in [0.2, 0.25) is 0 Å². The van der Waals surface area contributed by atoms with Gasteiger partial charge in [-0.2, -0.15) is 0 Å². The third kappa shape index (κ3) is 8.08. The van der Waals surface area contributed by atoms with Crippen molar-refractivity contribution in [1.82, 2.24) is 40.1 Å². The van der Waals surface area contributed by atoms with Crippen molar-refractivity contribution in [2.45, 2.75) is 49.2 Å². The summed E-state index contributed by atoms with van der Waals surface area (Å²) in [5, 5.41) is 22.6. The van der Waals surface area contributed by atoms with Crippen LogP contribution in [-0.2, 0) is 31.1 Å². The maximum absolute atomic E-state index is 16.9. The van der Waals surface area contributed by atoms with E-state index in [1.165, 1.54) is 12.1 Å². The number of nitrogens with zero attached hydrogens (tertiary/aromatic N) is 9. The van der Waals surface area contributed by atoms with Crippen LogP contribution in [0, 0.1) is 17.8 Å². The molecule has 0 bridgehead atoms. The zero-order valence-electron chi connectivity index (χ0n) is 40.8. The van der Waals surface area contributed by atoms with E-state index in [0.29, 0.717) is 41.3 Å². The predicted molar refractivity (Wildman–Crippen MR) is 279 cm³/mol. The van der Waals surface area contributed by atoms with E-state index in [1.807, 2.05) is 132 Å². The Morgan fingerprint density at radius 1 is 0.760 bits per heavy atom. The fourth-order valence-electron chi connectivity index (χ4n) is 11.7. The van der Waals surface area contributed by atoms with Crippen LogP contribution in [-0.4, -0.2) is 95.9 Å². The number of aromatic hydroxyl groups is 1. The quantitative estimate of drug-likeness (QED) is 0.114. The highest BCUT2D eigenvalue weighted by molar-refractivity contribution is 6.24. The summed E-state index contributed by atoms with van der Waals surface area (Å²) >= 11 is 0. The molecule has 0 radical (unpaired) electrons. The number of phenolic OH excluding ortho intramolecular Hbond substituents is 1. The van der Waals surface area contributed by atoms with Gasteiger partial charge >= 0.3 is 12.0 Å². The van der Waals surface area contributed by atoms with Gasteiger partial charge in [0.05, 0.1) is 35.2 Å². The van der Waals surface area contributed by atoms with Gasteiger partial charge in [-0.25, -0.2) is 24.3 Å². The number of carbonyl (C=O) groups excluding carboxylic acids is 4. The van der Waals surface area contributed by atoms with Gasteiger partial charge in [0.15, 0.2) is 0 Å². The Balaban J connectivity index is 1.08. The molecule has 2 N–H and O–H groups in total. The minimum Gasteiger partial charge on any atom is -0.508 e. The lowest BCUT2D eigenvalue weighted by Crippen LogP contribution is -2.59. The number of esters is 1. The van der Waals surface area contributed by atoms with E-state index in [2.05, 4.69) is 37.4 Å². The number of hydrogen-bond acceptors (Lipinski definition) is 12. The summed E-state index contributed by atoms with van der Waals surface area (Å²) in [6.45, 7) is 3.20. The van der Waals surface area contributed by atoms with Crippen LogP contribution in [0.5, 0.6) is 5.75 Å². The molecule has 7 atom stereocenters. The number of phenols is 1. The van der Waals surface area contributed by atoms with Gasteiger partial charge in [0.2, 0.25) is 17.8 Å². The van der Waals surface area contributed by atoms with Gasteiger partial charge in [-0.05, 0) is 83.3 Å². The first-order chi connectivity index (χ1) is 36.7. The van der Waals surface area contributed by atoms with E-state index in [-0.39, 0.29) is 31.1 Å². The summed E-state index contributed by atoms with van der Waals surface area (Å²) in [5.41, 5.74) is 3.40. The first kappa shape index (κ1) is 46.8. The van der Waals surface area contributed by atoms with Crippen LogP contribution in [0.25, 0.3) is 11.0 Å². The molecule has 4 aliphatic rings. The number of urea groups is 1. The number of cyclic esters (lactones) is 1. The highest BCUT2D eigenvalue weighted by Gasteiger charge is 2.76. The number of anilines is 2. The van der Waals surface area contributed by atoms with Crippen molar-refractivity contribution in [1.29, 1.82) is 0 Å². The number of fused-ring (bicyclic) bond motifs is 4. The summed E-state index contributed by atoms with van der Waals surface area (Å²) in [5.74, 6) is 3.70. The van der Waals surface area contributed by atoms with E-state index in [4.69, 9.17) is 4.74 Å². The average molecular weight is 995 g/mol. The number of nitrogens with one attached hydrogen (secondary N) is 1. The topological polar surface area (TPSA) is 179 Å². The van der Waals surface area contributed by atoms with Crippen molar-refractivity contribution in [2.75, 3.05) is 36.0 Å². The van der Waals surface area contributed by atoms with Gasteiger partial charge in [0.25, 0.3) is 0 Å². The lowest BCUT2D eigenvalue weighted by Gasteiger charge is -2.46. The molecule has 75 heavy (non-hydrogen) atoms. The number of piperazine rings is 1. The highest BCUT2D eigenvalue weighted by Crippen LogP contribution is 2.66. The van der Waals surface area contributed by atoms with Crippen molar-refractivity contribution in [2.24, 2.45) is 5.92 Å². The van der Waals surface area contributed by atoms with Crippen LogP contribution in [0.15, 0.2) is 176 Å². The monoisotopic (exact) mass is 994 g/mol. The van der Waals surface area contributed by atoms with Crippen LogP contribution in [0.3, 0.4) is 0 Å². The van der Waals surface area contributed by atoms with Crippen molar-refractivity contribution >= 4 is 46.5 Å². The number of imide groups is 1. The molecule has 3 saturated heterocycles. The summed E-state index contributed by atoms with van der Waals surface area (Å²) in [6, 6.07) is 45.1. The van der Waals surface area contributed by atoms with E-state index >= 15 is 19.2 Å². The lowest BCUT2D eigenvalue weighted by atomic mass is 9.64. The molecule has 0 aliphatic carbocycles. The molecular weight excluding hydrogens is 945 g/mol. The van der Waals surface area contributed by atoms with Gasteiger partial charge < -0.3 is 25.0 Å². The van der Waals surface area contributed by atoms with Gasteiger partial charge in [-0.1, -0.05) is 132 Å². The second-order valence-corrected chi connectivity index (χ2v) is 19.2. The predicted octanol–water partition coefficient (Wildman–Crippen LogP) is 7.46. The number of ether oxygens (including phenoxy) is 1. The number of rotatable bonds is 8. The van der Waals surface area contributed by atoms with Crippen molar-refractivity contribution in [3.63, 3.8) is 0 Å². The molecule has 372 valence electrons. The molecule has 3 fully saturated rings. The fraction of sp³-hybridized carbons (Fsp3) is 0.220. The van der Waals surface area contributed by atoms with Gasteiger partial charge in [-0.3, -0.25) is 19.3 Å². The smallest absolute Gasteiger partial charge is 0.329 e. The third-order valence-electron chi connectivity index (χ3n) is 15.1. The standard InChI is InChI=1S/C59H50N10O6/c1-38(40-16-5-2-6-17-40)62-58(74)68-47-29-24-39(15-13-32-67-48-23-12-11-22-46(48)63-64-67)37-45(47)59(56(68)73)49(54(71)65-33-35-66(36-34-65)57-60-30-14-31-61-57)51-55(72)75-52(42-20-9-4-10-21-42)50(41-18-7-3-8-19-41)69(51)53(59)43-25-27-44(70)28-26-43/h2-12,14,16-31,37-38,49-53,70H,32-36H2,1H3,(H,62,74)/t38-,49-,50-,51-,52+,53+,59-/m1/s1. The SMILES string of the molecule is C[C@@H](NC(=O)N1C(=O)[C@@]2(c3cc(C#CCn4nnc5ccccc54)ccc31)[C@H](c1ccc(O)cc1)N1[C@H](c3ccccc3)[C@H](c3ccccc3)OC(=O)[C@H]1[C@@H]2C(=O)N1CCN(c2ncccn2)CC1)c1ccccc1. The minimum absolute atomic E-state index is 0.0261. The molecule has 6 aromatic carbocycles. The zero-order chi connectivity index (χ0) is 51.2. The molecule has 6 heterocycles. The number of hydrogen-bond donors (Lipinski definition) is 2. The first-order valence-corrected chi connectivity index (χ1v) is 25.0. The van der Waals surface area contributed by atoms with E-state index < -0.39 is 65.4 Å². The average Bonchev–Trinajstić information content (AvgIpc) is 4.26. The molecule has 16 nitrogen and oxygen atoms in total. The minimum atomic E-state index is -2.02. The molecule has 16 heteroatoms. The molecule has 4 aliphatic heterocycles. The zero-order valence-corrected chi connectivity index (χ0v) is 40.8. The largest absolute Gasteiger partial charge is 0.508 e. The summed E-state index contributed by atoms with van der Waals surface area (Å²) in [6.07, 6.45) is 2.42. The number of para-hydroxylation sites is 1. The highest BCUT2D eigenvalue weighted by atomic mass is 16.6. The van der Waals surface area contributed by atoms with E-state index in [0.717, 1.165) is 27.1 Å². The number of carbonyl (C=O) groups is 4. The van der Waals surface area contributed by atoms with Crippen molar-refractivity contribution < 1.29 is 29.0 Å². The molecule has 4 amide bonds. The Hall–Kier alpha value is -9.20. The van der Waals surface area contributed by atoms with Gasteiger partial charge in [0, 0.05) is 44.1 Å². The Kier molecular flexibility index (Phi) is 12.1. The van der Waals surface area contributed by atoms with Crippen LogP contribution < -0.4 is 15.1 Å². The summed E-state index contributed by atoms with van der Waals surface area (Å²) in [4.78, 5) is 80.0. The van der Waals surface area contributed by atoms with Crippen molar-refractivity contribution in [3.8, 4) is 17.6 Å². The fourth-order valence-corrected chi connectivity index (χ4v) is 11.7. The van der Waals surface area contributed by atoms with Crippen LogP contribution in [0.1, 0.15) is 64.5 Å². The molecule has 0 saturated carbocycles. The number of amides is 4. The third-order valence-corrected chi connectivity index (χ3v) is 15.1. The van der Waals surface area contributed by atoms with Gasteiger partial charge in [0.1, 0.15) is 35.4 Å². The molecule has 8 aromatic rings. The van der Waals surface area contributed by atoms with Crippen LogP contribution in [0.4, 0.5) is 16.4 Å². The number of aromatic nitrogens is 5. The molecule has 12 rings (SSSR count). The van der Waals surface area contributed by atoms with Crippen molar-refractivity contribution in [3.05, 3.63) is 210 Å². The molecule has 0 unspecified atom stereocenters. The first-order valence-electron chi connectivity index (χ1n) is 25.0. The second kappa shape index (κ2) is 19.3. The normalized spacial score (nSPS) is 22.5. The summed E-state index contributed by atoms with van der Waals surface area (Å²) < 4.78 is 8.39. The Bertz CT molecular complexity index is 3510. The maximum atomic E-state index is 16.9. The maximum Gasteiger partial charge on any atom is 0.329 e. The molecule has 2 aromatic heterocycles. The number of benzene rings is 6. The molecule has 1 spiro atoms. The molecular formula is C59H50N10O6. The van der Waals surface area contributed by atoms with Crippen LogP contribution >= 0.6 is 0 Å². The van der Waals surface area contributed by atoms with Gasteiger partial charge in [-0.15, -0.1) is 5.10 Å².